The van der Waals surface area contributed by atoms with Crippen molar-refractivity contribution < 1.29 is 13.9 Å². The zero-order valence-electron chi connectivity index (χ0n) is 19.0. The molecule has 2 atom stereocenters. The maximum Gasteiger partial charge on any atom is 0.255 e. The molecule has 5 nitrogen and oxygen atoms in total. The van der Waals surface area contributed by atoms with Crippen LogP contribution in [0.4, 0.5) is 10.1 Å². The van der Waals surface area contributed by atoms with E-state index in [1.54, 1.807) is 13.2 Å². The van der Waals surface area contributed by atoms with Gasteiger partial charge in [-0.25, -0.2) is 4.39 Å². The number of fused-ring (bicyclic) bond motifs is 3. The van der Waals surface area contributed by atoms with Gasteiger partial charge >= 0.3 is 0 Å². The van der Waals surface area contributed by atoms with Crippen molar-refractivity contribution in [3.63, 3.8) is 0 Å². The van der Waals surface area contributed by atoms with Gasteiger partial charge in [0.05, 0.1) is 12.7 Å². The van der Waals surface area contributed by atoms with Gasteiger partial charge in [-0.15, -0.1) is 24.8 Å². The molecule has 2 saturated heterocycles. The van der Waals surface area contributed by atoms with Gasteiger partial charge in [-0.05, 0) is 49.4 Å². The van der Waals surface area contributed by atoms with Crippen LogP contribution >= 0.6 is 24.8 Å². The number of methoxy groups -OCH3 is 1. The molecular formula is C26H30Cl2FN3O2. The number of nitrogens with two attached hydrogens (primary N) is 1. The Morgan fingerprint density at radius 3 is 2.29 bits per heavy atom. The molecule has 1 amide bonds. The molecule has 182 valence electrons. The Morgan fingerprint density at radius 1 is 1.06 bits per heavy atom. The summed E-state index contributed by atoms with van der Waals surface area (Å²) < 4.78 is 18.9. The molecule has 3 aromatic carbocycles. The number of halogens is 3. The molecule has 2 bridgehead atoms. The first kappa shape index (κ1) is 26.1. The van der Waals surface area contributed by atoms with Gasteiger partial charge < -0.3 is 15.8 Å². The molecule has 2 heterocycles. The fourth-order valence-corrected chi connectivity index (χ4v) is 5.48. The SMILES string of the molecule is COc1c(C(=O)NC2CC3CCC(C2)N3Cc2ccc(F)cc2)cc(N)c2ccccc12.Cl.Cl. The standard InChI is InChI=1S/C26H28FN3O2.2ClH/c1-32-25-22-5-3-2-4-21(22)24(28)14-23(25)26(31)29-18-12-19-10-11-20(13-18)30(19)15-16-6-8-17(27)9-7-16;;/h2-9,14,18-20H,10-13,15,28H2,1H3,(H,29,31);2*1H. The van der Waals surface area contributed by atoms with E-state index in [1.165, 1.54) is 12.1 Å². The fraction of sp³-hybridized carbons (Fsp3) is 0.346. The second kappa shape index (κ2) is 10.8. The highest BCUT2D eigenvalue weighted by Gasteiger charge is 2.41. The van der Waals surface area contributed by atoms with E-state index < -0.39 is 0 Å². The highest BCUT2D eigenvalue weighted by atomic mass is 35.5. The third-order valence-corrected chi connectivity index (χ3v) is 6.97. The number of piperidine rings is 1. The smallest absolute Gasteiger partial charge is 0.255 e. The predicted octanol–water partition coefficient (Wildman–Crippen LogP) is 5.34. The first-order valence-corrected chi connectivity index (χ1v) is 11.2. The number of nitrogen functional groups attached to an aromatic ring is 1. The van der Waals surface area contributed by atoms with Gasteiger partial charge in [0.25, 0.3) is 5.91 Å². The first-order valence-electron chi connectivity index (χ1n) is 11.2. The van der Waals surface area contributed by atoms with E-state index in [0.717, 1.165) is 48.6 Å². The number of carbonyl (C=O) groups is 1. The zero-order chi connectivity index (χ0) is 22.2. The Bertz CT molecular complexity index is 1140. The van der Waals surface area contributed by atoms with Crippen LogP contribution in [-0.4, -0.2) is 36.0 Å². The average Bonchev–Trinajstić information content (AvgIpc) is 3.02. The largest absolute Gasteiger partial charge is 0.495 e. The molecule has 2 aliphatic heterocycles. The van der Waals surface area contributed by atoms with E-state index >= 15 is 0 Å². The van der Waals surface area contributed by atoms with Gasteiger partial charge in [-0.2, -0.15) is 0 Å². The number of carbonyl (C=O) groups excluding carboxylic acids is 1. The van der Waals surface area contributed by atoms with Gasteiger partial charge in [-0.1, -0.05) is 36.4 Å². The van der Waals surface area contributed by atoms with Crippen molar-refractivity contribution in [3.05, 3.63) is 71.5 Å². The molecule has 0 spiro atoms. The van der Waals surface area contributed by atoms with Crippen LogP contribution in [0.15, 0.2) is 54.6 Å². The third kappa shape index (κ3) is 4.95. The lowest BCUT2D eigenvalue weighted by atomic mass is 9.95. The van der Waals surface area contributed by atoms with E-state index in [1.807, 2.05) is 36.4 Å². The molecular weight excluding hydrogens is 476 g/mol. The Morgan fingerprint density at radius 2 is 1.68 bits per heavy atom. The lowest BCUT2D eigenvalue weighted by Gasteiger charge is -2.39. The van der Waals surface area contributed by atoms with Crippen LogP contribution < -0.4 is 15.8 Å². The molecule has 2 aliphatic rings. The van der Waals surface area contributed by atoms with Crippen LogP contribution in [0, 0.1) is 5.82 Å². The molecule has 0 saturated carbocycles. The number of benzene rings is 3. The summed E-state index contributed by atoms with van der Waals surface area (Å²) in [7, 11) is 1.59. The fourth-order valence-electron chi connectivity index (χ4n) is 5.48. The molecule has 3 N–H and O–H groups in total. The molecule has 0 aromatic heterocycles. The lowest BCUT2D eigenvalue weighted by Crippen LogP contribution is -2.50. The van der Waals surface area contributed by atoms with Crippen molar-refractivity contribution in [2.24, 2.45) is 0 Å². The predicted molar refractivity (Wildman–Crippen MR) is 139 cm³/mol. The summed E-state index contributed by atoms with van der Waals surface area (Å²) in [6.45, 7) is 0.825. The van der Waals surface area contributed by atoms with Crippen LogP contribution in [0.3, 0.4) is 0 Å². The van der Waals surface area contributed by atoms with Crippen molar-refractivity contribution in [1.29, 1.82) is 0 Å². The highest BCUT2D eigenvalue weighted by molar-refractivity contribution is 6.08. The van der Waals surface area contributed by atoms with Crippen LogP contribution in [-0.2, 0) is 6.54 Å². The normalized spacial score (nSPS) is 21.4. The monoisotopic (exact) mass is 505 g/mol. The quantitative estimate of drug-likeness (QED) is 0.459. The summed E-state index contributed by atoms with van der Waals surface area (Å²) in [6.07, 6.45) is 4.08. The van der Waals surface area contributed by atoms with Crippen LogP contribution in [0.5, 0.6) is 5.75 Å². The second-order valence-electron chi connectivity index (χ2n) is 8.92. The molecule has 2 fully saturated rings. The number of nitrogens with zero attached hydrogens (tertiary/aromatic N) is 1. The maximum atomic E-state index is 13.2. The van der Waals surface area contributed by atoms with Crippen LogP contribution in [0.25, 0.3) is 10.8 Å². The van der Waals surface area contributed by atoms with Gasteiger partial charge in [0, 0.05) is 41.1 Å². The minimum absolute atomic E-state index is 0. The van der Waals surface area contributed by atoms with E-state index in [9.17, 15) is 9.18 Å². The van der Waals surface area contributed by atoms with E-state index in [4.69, 9.17) is 10.5 Å². The molecule has 2 unspecified atom stereocenters. The molecule has 5 rings (SSSR count). The van der Waals surface area contributed by atoms with E-state index in [2.05, 4.69) is 10.2 Å². The topological polar surface area (TPSA) is 67.6 Å². The summed E-state index contributed by atoms with van der Waals surface area (Å²) in [5, 5.41) is 4.97. The Hall–Kier alpha value is -2.54. The van der Waals surface area contributed by atoms with E-state index in [-0.39, 0.29) is 42.6 Å². The number of amides is 1. The molecule has 0 aliphatic carbocycles. The summed E-state index contributed by atoms with van der Waals surface area (Å²) >= 11 is 0. The summed E-state index contributed by atoms with van der Waals surface area (Å²) in [5.41, 5.74) is 8.41. The number of ether oxygens (including phenoxy) is 1. The second-order valence-corrected chi connectivity index (χ2v) is 8.92. The minimum Gasteiger partial charge on any atom is -0.495 e. The zero-order valence-corrected chi connectivity index (χ0v) is 20.6. The molecule has 0 radical (unpaired) electrons. The average molecular weight is 506 g/mol. The van der Waals surface area contributed by atoms with Crippen molar-refractivity contribution in [1.82, 2.24) is 10.2 Å². The Labute approximate surface area is 211 Å². The number of rotatable bonds is 5. The number of anilines is 1. The lowest BCUT2D eigenvalue weighted by molar-refractivity contribution is 0.0825. The van der Waals surface area contributed by atoms with Crippen molar-refractivity contribution >= 4 is 47.2 Å². The third-order valence-electron chi connectivity index (χ3n) is 6.97. The molecule has 8 heteroatoms. The van der Waals surface area contributed by atoms with Gasteiger partial charge in [-0.3, -0.25) is 9.69 Å². The number of nitrogens with one attached hydrogen (secondary N) is 1. The van der Waals surface area contributed by atoms with Crippen molar-refractivity contribution in [3.8, 4) is 5.75 Å². The Balaban J connectivity index is 0.00000162. The van der Waals surface area contributed by atoms with Crippen LogP contribution in [0.1, 0.15) is 41.6 Å². The van der Waals surface area contributed by atoms with Gasteiger partial charge in [0.2, 0.25) is 0 Å². The minimum atomic E-state index is -0.206. The molecule has 34 heavy (non-hydrogen) atoms. The summed E-state index contributed by atoms with van der Waals surface area (Å²) in [4.78, 5) is 15.7. The first-order chi connectivity index (χ1) is 15.5. The highest BCUT2D eigenvalue weighted by Crippen LogP contribution is 2.38. The molecule has 3 aromatic rings. The number of hydrogen-bond donors (Lipinski definition) is 2. The van der Waals surface area contributed by atoms with E-state index in [0.29, 0.717) is 29.1 Å². The maximum absolute atomic E-state index is 13.2. The number of hydrogen-bond acceptors (Lipinski definition) is 4. The summed E-state index contributed by atoms with van der Waals surface area (Å²) in [6, 6.07) is 17.1. The van der Waals surface area contributed by atoms with Gasteiger partial charge in [0.15, 0.2) is 0 Å². The summed E-state index contributed by atoms with van der Waals surface area (Å²) in [5.74, 6) is 0.211. The van der Waals surface area contributed by atoms with Gasteiger partial charge in [0.1, 0.15) is 11.6 Å². The Kier molecular flexibility index (Phi) is 8.29. The van der Waals surface area contributed by atoms with Crippen molar-refractivity contribution in [2.75, 3.05) is 12.8 Å². The van der Waals surface area contributed by atoms with Crippen molar-refractivity contribution in [2.45, 2.75) is 50.4 Å². The van der Waals surface area contributed by atoms with Crippen LogP contribution in [0.2, 0.25) is 0 Å².